The molecule has 1 aromatic rings. The summed E-state index contributed by atoms with van der Waals surface area (Å²) >= 11 is 0. The van der Waals surface area contributed by atoms with Crippen molar-refractivity contribution in [3.63, 3.8) is 0 Å². The first-order chi connectivity index (χ1) is 11.7. The maximum Gasteiger partial charge on any atom is 0.495 e. The third-order valence-electron chi connectivity index (χ3n) is 6.17. The van der Waals surface area contributed by atoms with Crippen LogP contribution in [0.2, 0.25) is 0 Å². The topological polar surface area (TPSA) is 24.9 Å². The molecule has 6 heteroatoms. The molecule has 1 aliphatic carbocycles. The Morgan fingerprint density at radius 2 is 1.56 bits per heavy atom. The van der Waals surface area contributed by atoms with Gasteiger partial charge in [-0.2, -0.15) is 0 Å². The molecule has 0 spiro atoms. The highest BCUT2D eigenvalue weighted by atomic mass is 19.1. The van der Waals surface area contributed by atoms with Crippen molar-refractivity contribution in [3.05, 3.63) is 24.0 Å². The summed E-state index contributed by atoms with van der Waals surface area (Å²) < 4.78 is 26.5. The summed E-state index contributed by atoms with van der Waals surface area (Å²) in [6.45, 7) is 12.1. The number of benzene rings is 1. The van der Waals surface area contributed by atoms with Crippen LogP contribution >= 0.6 is 0 Å². The molecule has 0 bridgehead atoms. The molecule has 0 radical (unpaired) electrons. The molecule has 0 N–H and O–H groups in total. The number of piperazine rings is 1. The summed E-state index contributed by atoms with van der Waals surface area (Å²) in [6, 6.07) is 5.99. The fourth-order valence-electron chi connectivity index (χ4n) is 3.68. The predicted octanol–water partition coefficient (Wildman–Crippen LogP) is 2.41. The Morgan fingerprint density at radius 1 is 0.960 bits per heavy atom. The molecule has 2 aliphatic heterocycles. The van der Waals surface area contributed by atoms with Gasteiger partial charge >= 0.3 is 7.12 Å². The number of halogens is 1. The fraction of sp³-hybridized carbons (Fsp3) is 0.684. The van der Waals surface area contributed by atoms with Gasteiger partial charge in [-0.15, -0.1) is 0 Å². The molecule has 4 nitrogen and oxygen atoms in total. The van der Waals surface area contributed by atoms with E-state index in [1.54, 1.807) is 6.07 Å². The molecule has 1 aromatic carbocycles. The van der Waals surface area contributed by atoms with Crippen molar-refractivity contribution in [1.82, 2.24) is 4.90 Å². The van der Waals surface area contributed by atoms with E-state index in [1.165, 1.54) is 18.9 Å². The lowest BCUT2D eigenvalue weighted by Crippen LogP contribution is -2.47. The lowest BCUT2D eigenvalue weighted by atomic mass is 9.78. The van der Waals surface area contributed by atoms with Gasteiger partial charge in [-0.05, 0) is 64.2 Å². The van der Waals surface area contributed by atoms with E-state index in [4.69, 9.17) is 9.31 Å². The van der Waals surface area contributed by atoms with Gasteiger partial charge in [-0.3, -0.25) is 4.90 Å². The van der Waals surface area contributed by atoms with Gasteiger partial charge in [-0.1, -0.05) is 0 Å². The summed E-state index contributed by atoms with van der Waals surface area (Å²) in [5.41, 5.74) is 0.860. The third-order valence-corrected chi connectivity index (χ3v) is 6.17. The first kappa shape index (κ1) is 17.3. The quantitative estimate of drug-likeness (QED) is 0.785. The molecular weight excluding hydrogens is 318 g/mol. The van der Waals surface area contributed by atoms with Gasteiger partial charge in [0.05, 0.1) is 11.2 Å². The minimum Gasteiger partial charge on any atom is -0.399 e. The molecule has 0 unspecified atom stereocenters. The van der Waals surface area contributed by atoms with Crippen LogP contribution < -0.4 is 10.4 Å². The van der Waals surface area contributed by atoms with E-state index in [9.17, 15) is 4.39 Å². The van der Waals surface area contributed by atoms with Crippen LogP contribution in [0.3, 0.4) is 0 Å². The molecule has 136 valence electrons. The number of nitrogens with zero attached hydrogens (tertiary/aromatic N) is 2. The first-order valence-electron chi connectivity index (χ1n) is 9.40. The summed E-state index contributed by atoms with van der Waals surface area (Å²) in [5.74, 6) is -0.230. The van der Waals surface area contributed by atoms with Crippen molar-refractivity contribution < 1.29 is 13.7 Å². The monoisotopic (exact) mass is 346 g/mol. The smallest absolute Gasteiger partial charge is 0.399 e. The van der Waals surface area contributed by atoms with Crippen molar-refractivity contribution in [2.24, 2.45) is 0 Å². The van der Waals surface area contributed by atoms with Gasteiger partial charge in [0.2, 0.25) is 0 Å². The van der Waals surface area contributed by atoms with Crippen molar-refractivity contribution in [3.8, 4) is 0 Å². The molecular formula is C19H28BFN2O2. The minimum atomic E-state index is -0.521. The molecule has 0 amide bonds. The van der Waals surface area contributed by atoms with E-state index in [1.807, 2.05) is 33.8 Å². The average Bonchev–Trinajstić information content (AvgIpc) is 3.35. The Hall–Kier alpha value is -1.11. The van der Waals surface area contributed by atoms with Crippen LogP contribution in [0.4, 0.5) is 10.1 Å². The molecule has 2 saturated heterocycles. The van der Waals surface area contributed by atoms with E-state index in [0.29, 0.717) is 0 Å². The van der Waals surface area contributed by atoms with E-state index in [2.05, 4.69) is 9.80 Å². The Morgan fingerprint density at radius 3 is 2.12 bits per heavy atom. The average molecular weight is 346 g/mol. The maximum absolute atomic E-state index is 14.3. The lowest BCUT2D eigenvalue weighted by Gasteiger charge is -2.36. The Balaban J connectivity index is 1.51. The number of anilines is 1. The standard InChI is InChI=1S/C19H28BFN2O2/c1-18(2)19(3,4)25-20(24-18)14-11-15(21)13-17(12-14)23-9-7-22(8-10-23)16-5-6-16/h11-13,16H,5-10H2,1-4H3. The molecule has 0 aromatic heterocycles. The molecule has 3 fully saturated rings. The summed E-state index contributed by atoms with van der Waals surface area (Å²) in [5, 5.41) is 0. The number of hydrogen-bond donors (Lipinski definition) is 0. The highest BCUT2D eigenvalue weighted by molar-refractivity contribution is 6.62. The van der Waals surface area contributed by atoms with E-state index in [0.717, 1.165) is 43.4 Å². The van der Waals surface area contributed by atoms with E-state index >= 15 is 0 Å². The second kappa shape index (κ2) is 5.97. The van der Waals surface area contributed by atoms with Crippen LogP contribution in [0.5, 0.6) is 0 Å². The third kappa shape index (κ3) is 3.32. The van der Waals surface area contributed by atoms with Gasteiger partial charge in [0, 0.05) is 37.9 Å². The zero-order valence-electron chi connectivity index (χ0n) is 15.7. The van der Waals surface area contributed by atoms with Crippen LogP contribution in [0.15, 0.2) is 18.2 Å². The molecule has 4 rings (SSSR count). The lowest BCUT2D eigenvalue weighted by molar-refractivity contribution is 0.00578. The Kier molecular flexibility index (Phi) is 4.13. The first-order valence-corrected chi connectivity index (χ1v) is 9.40. The normalized spacial score (nSPS) is 26.3. The van der Waals surface area contributed by atoms with Crippen molar-refractivity contribution >= 4 is 18.3 Å². The maximum atomic E-state index is 14.3. The highest BCUT2D eigenvalue weighted by Crippen LogP contribution is 2.37. The molecule has 1 saturated carbocycles. The van der Waals surface area contributed by atoms with Crippen molar-refractivity contribution in [2.75, 3.05) is 31.1 Å². The largest absolute Gasteiger partial charge is 0.495 e. The van der Waals surface area contributed by atoms with Crippen LogP contribution in [-0.2, 0) is 9.31 Å². The SMILES string of the molecule is CC1(C)OB(c2cc(F)cc(N3CCN(C4CC4)CC3)c2)OC1(C)C. The molecule has 0 atom stereocenters. The minimum absolute atomic E-state index is 0.230. The summed E-state index contributed by atoms with van der Waals surface area (Å²) in [4.78, 5) is 4.83. The second-order valence-corrected chi connectivity index (χ2v) is 8.59. The second-order valence-electron chi connectivity index (χ2n) is 8.59. The van der Waals surface area contributed by atoms with Crippen LogP contribution in [0.25, 0.3) is 0 Å². The van der Waals surface area contributed by atoms with Gasteiger partial charge in [0.1, 0.15) is 5.82 Å². The zero-order valence-corrected chi connectivity index (χ0v) is 15.7. The Labute approximate surface area is 150 Å². The molecule has 2 heterocycles. The molecule has 25 heavy (non-hydrogen) atoms. The van der Waals surface area contributed by atoms with Crippen LogP contribution in [0, 0.1) is 5.82 Å². The van der Waals surface area contributed by atoms with E-state index < -0.39 is 18.3 Å². The zero-order chi connectivity index (χ0) is 17.8. The highest BCUT2D eigenvalue weighted by Gasteiger charge is 2.51. The fourth-order valence-corrected chi connectivity index (χ4v) is 3.68. The van der Waals surface area contributed by atoms with Gasteiger partial charge in [0.15, 0.2) is 0 Å². The van der Waals surface area contributed by atoms with E-state index in [-0.39, 0.29) is 5.82 Å². The van der Waals surface area contributed by atoms with Gasteiger partial charge < -0.3 is 14.2 Å². The number of rotatable bonds is 3. The van der Waals surface area contributed by atoms with Gasteiger partial charge in [-0.25, -0.2) is 4.39 Å². The molecule has 3 aliphatic rings. The predicted molar refractivity (Wildman–Crippen MR) is 98.9 cm³/mol. The van der Waals surface area contributed by atoms with Crippen LogP contribution in [0.1, 0.15) is 40.5 Å². The van der Waals surface area contributed by atoms with Crippen molar-refractivity contribution in [2.45, 2.75) is 57.8 Å². The van der Waals surface area contributed by atoms with Crippen molar-refractivity contribution in [1.29, 1.82) is 0 Å². The number of hydrogen-bond acceptors (Lipinski definition) is 4. The van der Waals surface area contributed by atoms with Crippen LogP contribution in [-0.4, -0.2) is 55.4 Å². The summed E-state index contributed by atoms with van der Waals surface area (Å²) in [7, 11) is -0.521. The Bertz CT molecular complexity index is 639. The van der Waals surface area contributed by atoms with Gasteiger partial charge in [0.25, 0.3) is 0 Å². The summed E-state index contributed by atoms with van der Waals surface area (Å²) in [6.07, 6.45) is 2.68.